The Hall–Kier alpha value is -0.750. The number of rotatable bonds is 3. The Bertz CT molecular complexity index is 438. The molecule has 0 aromatic carbocycles. The molecule has 0 saturated heterocycles. The molecule has 0 spiro atoms. The molecule has 19 heavy (non-hydrogen) atoms. The zero-order valence-corrected chi connectivity index (χ0v) is 12.4. The molecule has 2 nitrogen and oxygen atoms in total. The molecule has 0 radical (unpaired) electrons. The first-order valence-electron chi connectivity index (χ1n) is 5.98. The lowest BCUT2D eigenvalue weighted by atomic mass is 10.1. The summed E-state index contributed by atoms with van der Waals surface area (Å²) in [7, 11) is 0. The van der Waals surface area contributed by atoms with Gasteiger partial charge in [0.05, 0.1) is 10.9 Å². The average Bonchev–Trinajstić information content (AvgIpc) is 2.22. The number of aryl methyl sites for hydroxylation is 1. The molecule has 1 unspecified atom stereocenters. The van der Waals surface area contributed by atoms with Gasteiger partial charge < -0.3 is 5.32 Å². The number of aromatic nitrogens is 1. The van der Waals surface area contributed by atoms with E-state index in [1.54, 1.807) is 13.0 Å². The van der Waals surface area contributed by atoms with Gasteiger partial charge in [-0.1, -0.05) is 0 Å². The van der Waals surface area contributed by atoms with Crippen molar-refractivity contribution in [2.75, 3.05) is 6.54 Å². The van der Waals surface area contributed by atoms with Crippen molar-refractivity contribution >= 4 is 12.6 Å². The highest BCUT2D eigenvalue weighted by Gasteiger charge is 2.33. The van der Waals surface area contributed by atoms with Gasteiger partial charge in [-0.25, -0.2) is 4.98 Å². The van der Waals surface area contributed by atoms with Gasteiger partial charge in [-0.05, 0) is 45.4 Å². The monoisotopic (exact) mass is 292 g/mol. The topological polar surface area (TPSA) is 24.9 Å². The number of halogens is 3. The second kappa shape index (κ2) is 5.71. The van der Waals surface area contributed by atoms with E-state index in [1.807, 2.05) is 20.8 Å². The summed E-state index contributed by atoms with van der Waals surface area (Å²) >= 11 is 4.33. The van der Waals surface area contributed by atoms with Gasteiger partial charge in [-0.2, -0.15) is 25.8 Å². The van der Waals surface area contributed by atoms with Crippen LogP contribution >= 0.6 is 12.6 Å². The van der Waals surface area contributed by atoms with Gasteiger partial charge in [0.1, 0.15) is 5.69 Å². The van der Waals surface area contributed by atoms with Crippen LogP contribution in [0.25, 0.3) is 0 Å². The second-order valence-electron chi connectivity index (χ2n) is 5.60. The normalized spacial score (nSPS) is 14.5. The minimum Gasteiger partial charge on any atom is -0.311 e. The van der Waals surface area contributed by atoms with Gasteiger partial charge >= 0.3 is 6.18 Å². The van der Waals surface area contributed by atoms with Gasteiger partial charge in [0.2, 0.25) is 0 Å². The number of hydrogen-bond acceptors (Lipinski definition) is 3. The zero-order chi connectivity index (χ0) is 14.8. The first kappa shape index (κ1) is 16.3. The smallest absolute Gasteiger partial charge is 0.311 e. The lowest BCUT2D eigenvalue weighted by Gasteiger charge is -2.23. The van der Waals surface area contributed by atoms with Gasteiger partial charge in [-0.3, -0.25) is 0 Å². The first-order chi connectivity index (χ1) is 8.49. The molecule has 1 aromatic rings. The fraction of sp³-hybridized carbons (Fsp3) is 0.615. The molecule has 1 aromatic heterocycles. The maximum absolute atomic E-state index is 12.7. The molecular weight excluding hydrogens is 273 g/mol. The molecule has 0 fully saturated rings. The minimum absolute atomic E-state index is 0.113. The number of nitrogens with zero attached hydrogens (tertiary/aromatic N) is 1. The third-order valence-corrected chi connectivity index (χ3v) is 2.89. The number of alkyl halides is 3. The Labute approximate surface area is 117 Å². The lowest BCUT2D eigenvalue weighted by molar-refractivity contribution is -0.141. The lowest BCUT2D eigenvalue weighted by Crippen LogP contribution is -2.37. The Morgan fingerprint density at radius 2 is 1.84 bits per heavy atom. The van der Waals surface area contributed by atoms with Crippen LogP contribution < -0.4 is 5.32 Å². The van der Waals surface area contributed by atoms with Crippen molar-refractivity contribution in [3.05, 3.63) is 29.1 Å². The summed E-state index contributed by atoms with van der Waals surface area (Å²) in [5.41, 5.74) is -0.102. The summed E-state index contributed by atoms with van der Waals surface area (Å²) < 4.78 is 38.0. The van der Waals surface area contributed by atoms with E-state index in [4.69, 9.17) is 0 Å². The molecule has 1 heterocycles. The van der Waals surface area contributed by atoms with Crippen LogP contribution in [-0.2, 0) is 6.18 Å². The highest BCUT2D eigenvalue weighted by atomic mass is 32.1. The van der Waals surface area contributed by atoms with E-state index in [0.29, 0.717) is 17.8 Å². The summed E-state index contributed by atoms with van der Waals surface area (Å²) in [6.45, 7) is 8.04. The van der Waals surface area contributed by atoms with Crippen LogP contribution in [0.2, 0.25) is 0 Å². The summed E-state index contributed by atoms with van der Waals surface area (Å²) in [6, 6.07) is 2.68. The van der Waals surface area contributed by atoms with Crippen LogP contribution in [0.4, 0.5) is 13.2 Å². The fourth-order valence-corrected chi connectivity index (χ4v) is 1.74. The predicted molar refractivity (Wildman–Crippen MR) is 73.5 cm³/mol. The van der Waals surface area contributed by atoms with Gasteiger partial charge in [0.15, 0.2) is 0 Å². The van der Waals surface area contributed by atoms with E-state index >= 15 is 0 Å². The number of nitrogens with one attached hydrogen (secondary N) is 1. The van der Waals surface area contributed by atoms with Gasteiger partial charge in [-0.15, -0.1) is 0 Å². The molecule has 1 rings (SSSR count). The van der Waals surface area contributed by atoms with Gasteiger partial charge in [0, 0.05) is 12.1 Å². The van der Waals surface area contributed by atoms with E-state index < -0.39 is 11.9 Å². The quantitative estimate of drug-likeness (QED) is 0.829. The van der Waals surface area contributed by atoms with Crippen molar-refractivity contribution in [3.8, 4) is 0 Å². The third-order valence-electron chi connectivity index (χ3n) is 2.45. The molecule has 0 bridgehead atoms. The van der Waals surface area contributed by atoms with Crippen molar-refractivity contribution in [1.82, 2.24) is 10.3 Å². The molecule has 1 atom stereocenters. The van der Waals surface area contributed by atoms with Crippen LogP contribution in [0.15, 0.2) is 12.1 Å². The molecular formula is C13H19F3N2S. The standard InChI is InChI=1S/C13H19F3N2S/c1-8-5-9(10(19)7-17-12(2,3)4)18-11(6-8)13(14,15)16/h5-6,10,17,19H,7H2,1-4H3. The highest BCUT2D eigenvalue weighted by Crippen LogP contribution is 2.30. The summed E-state index contributed by atoms with van der Waals surface area (Å²) in [6.07, 6.45) is -4.42. The fourth-order valence-electron chi connectivity index (χ4n) is 1.52. The minimum atomic E-state index is -4.42. The van der Waals surface area contributed by atoms with Crippen molar-refractivity contribution in [3.63, 3.8) is 0 Å². The highest BCUT2D eigenvalue weighted by molar-refractivity contribution is 7.80. The van der Waals surface area contributed by atoms with Gasteiger partial charge in [0.25, 0.3) is 0 Å². The molecule has 1 N–H and O–H groups in total. The van der Waals surface area contributed by atoms with Crippen LogP contribution in [0.3, 0.4) is 0 Å². The van der Waals surface area contributed by atoms with E-state index in [9.17, 15) is 13.2 Å². The maximum atomic E-state index is 12.7. The maximum Gasteiger partial charge on any atom is 0.433 e. The van der Waals surface area contributed by atoms with Crippen LogP contribution in [-0.4, -0.2) is 17.1 Å². The van der Waals surface area contributed by atoms with E-state index in [-0.39, 0.29) is 10.8 Å². The number of pyridine rings is 1. The summed E-state index contributed by atoms with van der Waals surface area (Å²) in [4.78, 5) is 3.66. The van der Waals surface area contributed by atoms with Crippen LogP contribution in [0.5, 0.6) is 0 Å². The third kappa shape index (κ3) is 5.40. The van der Waals surface area contributed by atoms with Crippen LogP contribution in [0.1, 0.15) is 43.0 Å². The Balaban J connectivity index is 2.91. The second-order valence-corrected chi connectivity index (χ2v) is 6.22. The SMILES string of the molecule is Cc1cc(C(S)CNC(C)(C)C)nc(C(F)(F)F)c1. The molecule has 0 amide bonds. The van der Waals surface area contributed by atoms with E-state index in [2.05, 4.69) is 22.9 Å². The number of thiol groups is 1. The van der Waals surface area contributed by atoms with Crippen molar-refractivity contribution in [2.45, 2.75) is 44.7 Å². The summed E-state index contributed by atoms with van der Waals surface area (Å²) in [5, 5.41) is 2.83. The molecule has 0 aliphatic rings. The number of hydrogen-bond donors (Lipinski definition) is 2. The molecule has 108 valence electrons. The largest absolute Gasteiger partial charge is 0.433 e. The molecule has 0 saturated carbocycles. The Kier molecular flexibility index (Phi) is 4.90. The molecule has 0 aliphatic carbocycles. The van der Waals surface area contributed by atoms with E-state index in [0.717, 1.165) is 6.07 Å². The molecule has 0 aliphatic heterocycles. The van der Waals surface area contributed by atoms with E-state index in [1.165, 1.54) is 0 Å². The Morgan fingerprint density at radius 1 is 1.26 bits per heavy atom. The first-order valence-corrected chi connectivity index (χ1v) is 6.49. The predicted octanol–water partition coefficient (Wildman–Crippen LogP) is 3.77. The average molecular weight is 292 g/mol. The molecule has 6 heteroatoms. The van der Waals surface area contributed by atoms with Crippen molar-refractivity contribution in [2.24, 2.45) is 0 Å². The van der Waals surface area contributed by atoms with Crippen molar-refractivity contribution < 1.29 is 13.2 Å². The zero-order valence-electron chi connectivity index (χ0n) is 11.5. The van der Waals surface area contributed by atoms with Crippen LogP contribution in [0, 0.1) is 6.92 Å². The Morgan fingerprint density at radius 3 is 2.32 bits per heavy atom. The van der Waals surface area contributed by atoms with Crippen molar-refractivity contribution in [1.29, 1.82) is 0 Å². The summed E-state index contributed by atoms with van der Waals surface area (Å²) in [5.74, 6) is 0.